The normalized spacial score (nSPS) is 10.2. The van der Waals surface area contributed by atoms with Crippen LogP contribution in [0.3, 0.4) is 0 Å². The zero-order valence-electron chi connectivity index (χ0n) is 10.9. The highest BCUT2D eigenvalue weighted by Gasteiger charge is 2.05. The van der Waals surface area contributed by atoms with Gasteiger partial charge in [-0.3, -0.25) is 4.79 Å². The molecule has 1 amide bonds. The van der Waals surface area contributed by atoms with Crippen LogP contribution in [0, 0.1) is 6.92 Å². The summed E-state index contributed by atoms with van der Waals surface area (Å²) >= 11 is 11.9. The summed E-state index contributed by atoms with van der Waals surface area (Å²) in [5.74, 6) is -0.163. The van der Waals surface area contributed by atoms with Gasteiger partial charge in [0.25, 0.3) is 0 Å². The molecule has 3 nitrogen and oxygen atoms in total. The van der Waals surface area contributed by atoms with Crippen LogP contribution in [0.4, 0.5) is 11.4 Å². The maximum atomic E-state index is 11.8. The molecule has 0 saturated heterocycles. The number of rotatable bonds is 4. The van der Waals surface area contributed by atoms with Gasteiger partial charge in [-0.25, -0.2) is 0 Å². The zero-order chi connectivity index (χ0) is 14.5. The fourth-order valence-electron chi connectivity index (χ4n) is 1.71. The molecule has 0 aliphatic carbocycles. The number of amides is 1. The van der Waals surface area contributed by atoms with Crippen molar-refractivity contribution in [2.45, 2.75) is 6.92 Å². The Labute approximate surface area is 127 Å². The summed E-state index contributed by atoms with van der Waals surface area (Å²) in [6.45, 7) is 2.09. The van der Waals surface area contributed by atoms with E-state index in [2.05, 4.69) is 10.6 Å². The second kappa shape index (κ2) is 6.64. The summed E-state index contributed by atoms with van der Waals surface area (Å²) in [5, 5.41) is 6.93. The number of aryl methyl sites for hydroxylation is 1. The van der Waals surface area contributed by atoms with Crippen molar-refractivity contribution in [1.82, 2.24) is 0 Å². The number of benzene rings is 2. The number of nitrogens with one attached hydrogen (secondary N) is 2. The highest BCUT2D eigenvalue weighted by Crippen LogP contribution is 2.22. The van der Waals surface area contributed by atoms with Gasteiger partial charge < -0.3 is 10.6 Å². The molecule has 0 aliphatic rings. The lowest BCUT2D eigenvalue weighted by atomic mass is 10.2. The second-order valence-corrected chi connectivity index (χ2v) is 5.24. The average molecular weight is 309 g/mol. The summed E-state index contributed by atoms with van der Waals surface area (Å²) in [6.07, 6.45) is 0. The van der Waals surface area contributed by atoms with Crippen LogP contribution in [0.5, 0.6) is 0 Å². The minimum Gasteiger partial charge on any atom is -0.375 e. The van der Waals surface area contributed by atoms with E-state index in [1.807, 2.05) is 25.1 Å². The SMILES string of the molecule is Cc1ccc(NCC(=O)Nc2cccc(Cl)c2)c(Cl)c1. The first-order chi connectivity index (χ1) is 9.54. The fourth-order valence-corrected chi connectivity index (χ4v) is 2.20. The summed E-state index contributed by atoms with van der Waals surface area (Å²) in [5.41, 5.74) is 2.47. The molecule has 2 rings (SSSR count). The van der Waals surface area contributed by atoms with Crippen molar-refractivity contribution in [2.75, 3.05) is 17.2 Å². The Morgan fingerprint density at radius 1 is 1.15 bits per heavy atom. The van der Waals surface area contributed by atoms with Crippen LogP contribution in [0.25, 0.3) is 0 Å². The van der Waals surface area contributed by atoms with Gasteiger partial charge in [-0.15, -0.1) is 0 Å². The van der Waals surface area contributed by atoms with Crippen molar-refractivity contribution >= 4 is 40.5 Å². The van der Waals surface area contributed by atoms with Crippen molar-refractivity contribution in [3.63, 3.8) is 0 Å². The smallest absolute Gasteiger partial charge is 0.243 e. The number of hydrogen-bond acceptors (Lipinski definition) is 2. The van der Waals surface area contributed by atoms with Crippen LogP contribution in [-0.2, 0) is 4.79 Å². The van der Waals surface area contributed by atoms with Crippen molar-refractivity contribution in [3.05, 3.63) is 58.1 Å². The van der Waals surface area contributed by atoms with Gasteiger partial charge in [0.15, 0.2) is 0 Å². The van der Waals surface area contributed by atoms with E-state index < -0.39 is 0 Å². The lowest BCUT2D eigenvalue weighted by molar-refractivity contribution is -0.114. The van der Waals surface area contributed by atoms with Gasteiger partial charge in [-0.05, 0) is 42.8 Å². The first-order valence-corrected chi connectivity index (χ1v) is 6.85. The van der Waals surface area contributed by atoms with Crippen molar-refractivity contribution in [2.24, 2.45) is 0 Å². The Morgan fingerprint density at radius 2 is 1.95 bits per heavy atom. The van der Waals surface area contributed by atoms with E-state index in [9.17, 15) is 4.79 Å². The Morgan fingerprint density at radius 3 is 2.65 bits per heavy atom. The molecule has 0 saturated carbocycles. The molecule has 0 aliphatic heterocycles. The third-order valence-corrected chi connectivity index (χ3v) is 3.22. The van der Waals surface area contributed by atoms with E-state index >= 15 is 0 Å². The van der Waals surface area contributed by atoms with Gasteiger partial charge in [0.05, 0.1) is 17.3 Å². The average Bonchev–Trinajstić information content (AvgIpc) is 2.37. The molecule has 0 bridgehead atoms. The highest BCUT2D eigenvalue weighted by molar-refractivity contribution is 6.33. The van der Waals surface area contributed by atoms with Gasteiger partial charge in [0, 0.05) is 10.7 Å². The lowest BCUT2D eigenvalue weighted by Gasteiger charge is -2.09. The van der Waals surface area contributed by atoms with Crippen LogP contribution >= 0.6 is 23.2 Å². The summed E-state index contributed by atoms with van der Waals surface area (Å²) in [6, 6.07) is 12.6. The predicted octanol–water partition coefficient (Wildman–Crippen LogP) is 4.35. The van der Waals surface area contributed by atoms with E-state index in [0.29, 0.717) is 15.7 Å². The molecular weight excluding hydrogens is 295 g/mol. The van der Waals surface area contributed by atoms with E-state index in [4.69, 9.17) is 23.2 Å². The minimum absolute atomic E-state index is 0.134. The molecule has 2 aromatic rings. The quantitative estimate of drug-likeness (QED) is 0.881. The maximum Gasteiger partial charge on any atom is 0.243 e. The van der Waals surface area contributed by atoms with Crippen LogP contribution in [-0.4, -0.2) is 12.5 Å². The van der Waals surface area contributed by atoms with E-state index in [0.717, 1.165) is 11.3 Å². The molecular formula is C15H14Cl2N2O. The molecule has 2 aromatic carbocycles. The zero-order valence-corrected chi connectivity index (χ0v) is 12.4. The monoisotopic (exact) mass is 308 g/mol. The third-order valence-electron chi connectivity index (χ3n) is 2.67. The molecule has 0 atom stereocenters. The highest BCUT2D eigenvalue weighted by atomic mass is 35.5. The molecule has 0 radical (unpaired) electrons. The van der Waals surface area contributed by atoms with Crippen LogP contribution < -0.4 is 10.6 Å². The minimum atomic E-state index is -0.163. The standard InChI is InChI=1S/C15H14Cl2N2O/c1-10-5-6-14(13(17)7-10)18-9-15(20)19-12-4-2-3-11(16)8-12/h2-8,18H,9H2,1H3,(H,19,20). The first-order valence-electron chi connectivity index (χ1n) is 6.10. The molecule has 0 aromatic heterocycles. The first kappa shape index (κ1) is 14.7. The van der Waals surface area contributed by atoms with Crippen LogP contribution in [0.2, 0.25) is 10.0 Å². The third kappa shape index (κ3) is 4.15. The molecule has 0 spiro atoms. The number of halogens is 2. The van der Waals surface area contributed by atoms with Crippen molar-refractivity contribution in [1.29, 1.82) is 0 Å². The number of hydrogen-bond donors (Lipinski definition) is 2. The predicted molar refractivity (Wildman–Crippen MR) is 84.8 cm³/mol. The summed E-state index contributed by atoms with van der Waals surface area (Å²) in [4.78, 5) is 11.8. The summed E-state index contributed by atoms with van der Waals surface area (Å²) in [7, 11) is 0. The number of anilines is 2. The Kier molecular flexibility index (Phi) is 4.88. The maximum absolute atomic E-state index is 11.8. The molecule has 0 heterocycles. The van der Waals surface area contributed by atoms with Crippen LogP contribution in [0.15, 0.2) is 42.5 Å². The topological polar surface area (TPSA) is 41.1 Å². The molecule has 20 heavy (non-hydrogen) atoms. The van der Waals surface area contributed by atoms with E-state index in [1.54, 1.807) is 24.3 Å². The second-order valence-electron chi connectivity index (χ2n) is 4.40. The fraction of sp³-hybridized carbons (Fsp3) is 0.133. The van der Waals surface area contributed by atoms with Gasteiger partial charge in [0.1, 0.15) is 0 Å². The molecule has 0 fully saturated rings. The van der Waals surface area contributed by atoms with Gasteiger partial charge in [0.2, 0.25) is 5.91 Å². The Bertz CT molecular complexity index is 629. The van der Waals surface area contributed by atoms with Gasteiger partial charge in [-0.1, -0.05) is 35.3 Å². The number of carbonyl (C=O) groups is 1. The van der Waals surface area contributed by atoms with Crippen molar-refractivity contribution in [3.8, 4) is 0 Å². The Balaban J connectivity index is 1.92. The molecule has 2 N–H and O–H groups in total. The molecule has 5 heteroatoms. The molecule has 0 unspecified atom stereocenters. The van der Waals surface area contributed by atoms with Crippen LogP contribution in [0.1, 0.15) is 5.56 Å². The number of carbonyl (C=O) groups excluding carboxylic acids is 1. The summed E-state index contributed by atoms with van der Waals surface area (Å²) < 4.78 is 0. The van der Waals surface area contributed by atoms with Gasteiger partial charge in [-0.2, -0.15) is 0 Å². The van der Waals surface area contributed by atoms with Crippen molar-refractivity contribution < 1.29 is 4.79 Å². The lowest BCUT2D eigenvalue weighted by Crippen LogP contribution is -2.21. The largest absolute Gasteiger partial charge is 0.375 e. The van der Waals surface area contributed by atoms with E-state index in [1.165, 1.54) is 0 Å². The Hall–Kier alpha value is -1.71. The van der Waals surface area contributed by atoms with E-state index in [-0.39, 0.29) is 12.5 Å². The molecule has 104 valence electrons. The van der Waals surface area contributed by atoms with Gasteiger partial charge >= 0.3 is 0 Å².